The SMILES string of the molecule is CC(C)(C(=O)NCCCc1ccccc1)c1c[nH]c2cc(F)ccc12. The third-order valence-corrected chi connectivity index (χ3v) is 4.66. The number of aromatic amines is 1. The summed E-state index contributed by atoms with van der Waals surface area (Å²) in [7, 11) is 0. The van der Waals surface area contributed by atoms with Gasteiger partial charge in [0.2, 0.25) is 5.91 Å². The first-order valence-corrected chi connectivity index (χ1v) is 8.58. The zero-order valence-electron chi connectivity index (χ0n) is 14.6. The quantitative estimate of drug-likeness (QED) is 0.646. The predicted molar refractivity (Wildman–Crippen MR) is 99.1 cm³/mol. The van der Waals surface area contributed by atoms with Crippen LogP contribution in [0.2, 0.25) is 0 Å². The minimum Gasteiger partial charge on any atom is -0.361 e. The van der Waals surface area contributed by atoms with Crippen molar-refractivity contribution in [3.63, 3.8) is 0 Å². The van der Waals surface area contributed by atoms with Crippen molar-refractivity contribution in [2.75, 3.05) is 6.54 Å². The molecule has 130 valence electrons. The number of aromatic nitrogens is 1. The summed E-state index contributed by atoms with van der Waals surface area (Å²) in [6, 6.07) is 14.8. The minimum atomic E-state index is -0.692. The fourth-order valence-electron chi connectivity index (χ4n) is 3.10. The number of carbonyl (C=O) groups excluding carboxylic acids is 1. The van der Waals surface area contributed by atoms with Crippen LogP contribution in [-0.2, 0) is 16.6 Å². The van der Waals surface area contributed by atoms with E-state index in [1.54, 1.807) is 12.3 Å². The Morgan fingerprint density at radius 1 is 1.16 bits per heavy atom. The molecule has 3 nitrogen and oxygen atoms in total. The molecule has 0 atom stereocenters. The Morgan fingerprint density at radius 2 is 1.92 bits per heavy atom. The number of hydrogen-bond acceptors (Lipinski definition) is 1. The van der Waals surface area contributed by atoms with Crippen molar-refractivity contribution in [2.24, 2.45) is 0 Å². The smallest absolute Gasteiger partial charge is 0.230 e. The van der Waals surface area contributed by atoms with Gasteiger partial charge in [-0.3, -0.25) is 4.79 Å². The van der Waals surface area contributed by atoms with E-state index in [0.29, 0.717) is 12.1 Å². The van der Waals surface area contributed by atoms with Gasteiger partial charge in [-0.1, -0.05) is 30.3 Å². The molecule has 2 aromatic carbocycles. The van der Waals surface area contributed by atoms with Crippen molar-refractivity contribution in [3.05, 3.63) is 71.7 Å². The Bertz CT molecular complexity index is 868. The van der Waals surface area contributed by atoms with Gasteiger partial charge in [0.25, 0.3) is 0 Å². The molecular formula is C21H23FN2O. The number of rotatable bonds is 6. The van der Waals surface area contributed by atoms with E-state index in [1.165, 1.54) is 17.7 Å². The highest BCUT2D eigenvalue weighted by Gasteiger charge is 2.31. The molecule has 1 aromatic heterocycles. The summed E-state index contributed by atoms with van der Waals surface area (Å²) in [6.07, 6.45) is 3.63. The van der Waals surface area contributed by atoms with Gasteiger partial charge in [0.1, 0.15) is 5.82 Å². The average Bonchev–Trinajstić information content (AvgIpc) is 3.03. The van der Waals surface area contributed by atoms with E-state index in [-0.39, 0.29) is 11.7 Å². The normalized spacial score (nSPS) is 11.6. The van der Waals surface area contributed by atoms with Crippen LogP contribution in [0.1, 0.15) is 31.4 Å². The van der Waals surface area contributed by atoms with Gasteiger partial charge in [-0.05, 0) is 56.0 Å². The number of benzene rings is 2. The molecule has 0 aliphatic rings. The van der Waals surface area contributed by atoms with Gasteiger partial charge in [-0.15, -0.1) is 0 Å². The molecular weight excluding hydrogens is 315 g/mol. The maximum absolute atomic E-state index is 13.3. The second kappa shape index (κ2) is 7.09. The summed E-state index contributed by atoms with van der Waals surface area (Å²) in [6.45, 7) is 4.42. The van der Waals surface area contributed by atoms with Crippen molar-refractivity contribution in [2.45, 2.75) is 32.1 Å². The van der Waals surface area contributed by atoms with Crippen LogP contribution >= 0.6 is 0 Å². The molecule has 3 aromatic rings. The number of fused-ring (bicyclic) bond motifs is 1. The molecule has 0 aliphatic carbocycles. The van der Waals surface area contributed by atoms with Crippen molar-refractivity contribution >= 4 is 16.8 Å². The highest BCUT2D eigenvalue weighted by Crippen LogP contribution is 2.31. The minimum absolute atomic E-state index is 0.0224. The first-order chi connectivity index (χ1) is 12.0. The molecule has 0 spiro atoms. The number of amides is 1. The van der Waals surface area contributed by atoms with Crippen molar-refractivity contribution < 1.29 is 9.18 Å². The van der Waals surface area contributed by atoms with Crippen LogP contribution in [-0.4, -0.2) is 17.4 Å². The maximum Gasteiger partial charge on any atom is 0.230 e. The summed E-state index contributed by atoms with van der Waals surface area (Å²) in [4.78, 5) is 15.7. The van der Waals surface area contributed by atoms with Crippen LogP contribution in [0, 0.1) is 5.82 Å². The van der Waals surface area contributed by atoms with Gasteiger partial charge in [-0.2, -0.15) is 0 Å². The molecule has 0 unspecified atom stereocenters. The second-order valence-corrected chi connectivity index (χ2v) is 6.86. The topological polar surface area (TPSA) is 44.9 Å². The molecule has 0 saturated heterocycles. The largest absolute Gasteiger partial charge is 0.361 e. The average molecular weight is 338 g/mol. The fourth-order valence-corrected chi connectivity index (χ4v) is 3.10. The highest BCUT2D eigenvalue weighted by molar-refractivity contribution is 5.94. The lowest BCUT2D eigenvalue weighted by atomic mass is 9.83. The number of carbonyl (C=O) groups is 1. The molecule has 25 heavy (non-hydrogen) atoms. The Hall–Kier alpha value is -2.62. The standard InChI is InChI=1S/C21H23FN2O/c1-21(2,18-14-24-19-13-16(22)10-11-17(18)19)20(25)23-12-6-9-15-7-4-3-5-8-15/h3-5,7-8,10-11,13-14,24H,6,9,12H2,1-2H3,(H,23,25). The summed E-state index contributed by atoms with van der Waals surface area (Å²) >= 11 is 0. The third kappa shape index (κ3) is 3.73. The number of hydrogen-bond donors (Lipinski definition) is 2. The number of halogens is 1. The van der Waals surface area contributed by atoms with E-state index in [0.717, 1.165) is 23.8 Å². The Labute approximate surface area is 147 Å². The van der Waals surface area contributed by atoms with Gasteiger partial charge in [0, 0.05) is 23.6 Å². The monoisotopic (exact) mass is 338 g/mol. The van der Waals surface area contributed by atoms with E-state index >= 15 is 0 Å². The zero-order chi connectivity index (χ0) is 17.9. The zero-order valence-corrected chi connectivity index (χ0v) is 14.6. The summed E-state index contributed by atoms with van der Waals surface area (Å²) in [5, 5.41) is 3.91. The van der Waals surface area contributed by atoms with Gasteiger partial charge in [0.05, 0.1) is 5.41 Å². The van der Waals surface area contributed by atoms with Crippen molar-refractivity contribution in [1.29, 1.82) is 0 Å². The predicted octanol–water partition coefficient (Wildman–Crippen LogP) is 4.33. The second-order valence-electron chi connectivity index (χ2n) is 6.86. The van der Waals surface area contributed by atoms with E-state index in [9.17, 15) is 9.18 Å². The van der Waals surface area contributed by atoms with Crippen molar-refractivity contribution in [1.82, 2.24) is 10.3 Å². The molecule has 1 heterocycles. The highest BCUT2D eigenvalue weighted by atomic mass is 19.1. The van der Waals surface area contributed by atoms with E-state index in [4.69, 9.17) is 0 Å². The van der Waals surface area contributed by atoms with Gasteiger partial charge < -0.3 is 10.3 Å². The molecule has 0 saturated carbocycles. The van der Waals surface area contributed by atoms with E-state index < -0.39 is 5.41 Å². The number of aryl methyl sites for hydroxylation is 1. The lowest BCUT2D eigenvalue weighted by Gasteiger charge is -2.23. The van der Waals surface area contributed by atoms with Crippen LogP contribution in [0.25, 0.3) is 10.9 Å². The lowest BCUT2D eigenvalue weighted by Crippen LogP contribution is -2.40. The van der Waals surface area contributed by atoms with Gasteiger partial charge in [0.15, 0.2) is 0 Å². The number of nitrogens with one attached hydrogen (secondary N) is 2. The van der Waals surface area contributed by atoms with Crippen LogP contribution < -0.4 is 5.32 Å². The van der Waals surface area contributed by atoms with E-state index in [2.05, 4.69) is 22.4 Å². The van der Waals surface area contributed by atoms with Gasteiger partial charge >= 0.3 is 0 Å². The molecule has 3 rings (SSSR count). The molecule has 2 N–H and O–H groups in total. The summed E-state index contributed by atoms with van der Waals surface area (Å²) in [5.74, 6) is -0.310. The maximum atomic E-state index is 13.3. The number of H-pyrrole nitrogens is 1. The third-order valence-electron chi connectivity index (χ3n) is 4.66. The molecule has 0 fully saturated rings. The Balaban J connectivity index is 1.63. The first-order valence-electron chi connectivity index (χ1n) is 8.58. The van der Waals surface area contributed by atoms with Crippen LogP contribution in [0.15, 0.2) is 54.7 Å². The summed E-state index contributed by atoms with van der Waals surface area (Å²) in [5.41, 5.74) is 2.17. The molecule has 0 radical (unpaired) electrons. The summed E-state index contributed by atoms with van der Waals surface area (Å²) < 4.78 is 13.3. The lowest BCUT2D eigenvalue weighted by molar-refractivity contribution is -0.125. The van der Waals surface area contributed by atoms with Crippen LogP contribution in [0.5, 0.6) is 0 Å². The molecule has 0 bridgehead atoms. The van der Waals surface area contributed by atoms with E-state index in [1.807, 2.05) is 32.0 Å². The first kappa shape index (κ1) is 17.2. The van der Waals surface area contributed by atoms with Gasteiger partial charge in [-0.25, -0.2) is 4.39 Å². The Kier molecular flexibility index (Phi) is 4.88. The Morgan fingerprint density at radius 3 is 2.68 bits per heavy atom. The molecule has 1 amide bonds. The molecule has 4 heteroatoms. The molecule has 0 aliphatic heterocycles. The van der Waals surface area contributed by atoms with Crippen LogP contribution in [0.3, 0.4) is 0 Å². The fraction of sp³-hybridized carbons (Fsp3) is 0.286. The van der Waals surface area contributed by atoms with Crippen LogP contribution in [0.4, 0.5) is 4.39 Å². The van der Waals surface area contributed by atoms with Crippen molar-refractivity contribution in [3.8, 4) is 0 Å².